The summed E-state index contributed by atoms with van der Waals surface area (Å²) < 4.78 is 14.1. The smallest absolute Gasteiger partial charge is 0.126 e. The lowest BCUT2D eigenvalue weighted by atomic mass is 10.0. The van der Waals surface area contributed by atoms with E-state index in [1.54, 1.807) is 6.07 Å². The van der Waals surface area contributed by atoms with Crippen molar-refractivity contribution in [3.05, 3.63) is 33.1 Å². The van der Waals surface area contributed by atoms with Gasteiger partial charge in [0.25, 0.3) is 0 Å². The van der Waals surface area contributed by atoms with Crippen LogP contribution in [0.15, 0.2) is 18.2 Å². The van der Waals surface area contributed by atoms with Crippen molar-refractivity contribution in [2.24, 2.45) is 0 Å². The van der Waals surface area contributed by atoms with Gasteiger partial charge in [-0.1, -0.05) is 13.8 Å². The van der Waals surface area contributed by atoms with E-state index in [4.69, 9.17) is 0 Å². The fourth-order valence-corrected chi connectivity index (χ4v) is 1.47. The lowest BCUT2D eigenvalue weighted by molar-refractivity contribution is 0.598. The van der Waals surface area contributed by atoms with Gasteiger partial charge in [-0.2, -0.15) is 0 Å². The topological polar surface area (TPSA) is 0 Å². The van der Waals surface area contributed by atoms with E-state index in [-0.39, 0.29) is 11.7 Å². The second-order valence-electron chi connectivity index (χ2n) is 2.82. The molecule has 0 nitrogen and oxygen atoms in total. The van der Waals surface area contributed by atoms with E-state index in [1.807, 2.05) is 19.9 Å². The third-order valence-electron chi connectivity index (χ3n) is 1.58. The SMILES string of the molecule is CC(C)c1cc(I)ccc1F. The van der Waals surface area contributed by atoms with Crippen molar-refractivity contribution in [3.63, 3.8) is 0 Å². The van der Waals surface area contributed by atoms with Gasteiger partial charge in [-0.05, 0) is 52.3 Å². The Labute approximate surface area is 80.0 Å². The van der Waals surface area contributed by atoms with Gasteiger partial charge >= 0.3 is 0 Å². The molecular formula is C9H10FI. The van der Waals surface area contributed by atoms with Gasteiger partial charge in [0.05, 0.1) is 0 Å². The maximum atomic E-state index is 13.0. The van der Waals surface area contributed by atoms with Crippen molar-refractivity contribution in [1.29, 1.82) is 0 Å². The Morgan fingerprint density at radius 2 is 2.00 bits per heavy atom. The standard InChI is InChI=1S/C9H10FI/c1-6(2)8-5-7(11)3-4-9(8)10/h3-6H,1-2H3. The average molecular weight is 264 g/mol. The Bertz CT molecular complexity index is 256. The highest BCUT2D eigenvalue weighted by Crippen LogP contribution is 2.20. The van der Waals surface area contributed by atoms with E-state index in [0.29, 0.717) is 0 Å². The van der Waals surface area contributed by atoms with Gasteiger partial charge in [0, 0.05) is 3.57 Å². The molecule has 1 aromatic carbocycles. The Balaban J connectivity index is 3.13. The molecule has 60 valence electrons. The maximum Gasteiger partial charge on any atom is 0.126 e. The largest absolute Gasteiger partial charge is 0.207 e. The molecule has 1 aromatic rings. The molecule has 0 atom stereocenters. The first-order valence-electron chi connectivity index (χ1n) is 3.56. The molecule has 0 aliphatic rings. The lowest BCUT2D eigenvalue weighted by Gasteiger charge is -2.06. The summed E-state index contributed by atoms with van der Waals surface area (Å²) in [6.45, 7) is 3.99. The van der Waals surface area contributed by atoms with Crippen LogP contribution in [0, 0.1) is 9.39 Å². The summed E-state index contributed by atoms with van der Waals surface area (Å²) in [5.41, 5.74) is 0.803. The number of rotatable bonds is 1. The van der Waals surface area contributed by atoms with Crippen molar-refractivity contribution in [1.82, 2.24) is 0 Å². The van der Waals surface area contributed by atoms with Gasteiger partial charge < -0.3 is 0 Å². The van der Waals surface area contributed by atoms with Crippen LogP contribution in [0.2, 0.25) is 0 Å². The fraction of sp³-hybridized carbons (Fsp3) is 0.333. The molecule has 0 N–H and O–H groups in total. The second kappa shape index (κ2) is 3.52. The zero-order chi connectivity index (χ0) is 8.43. The van der Waals surface area contributed by atoms with Gasteiger partial charge in [-0.25, -0.2) is 4.39 Å². The van der Waals surface area contributed by atoms with Crippen molar-refractivity contribution < 1.29 is 4.39 Å². The molecule has 0 aliphatic carbocycles. The first-order chi connectivity index (χ1) is 5.11. The zero-order valence-corrected chi connectivity index (χ0v) is 8.72. The molecule has 0 radical (unpaired) electrons. The fourth-order valence-electron chi connectivity index (χ4n) is 0.957. The second-order valence-corrected chi connectivity index (χ2v) is 4.07. The van der Waals surface area contributed by atoms with Crippen LogP contribution in [-0.2, 0) is 0 Å². The van der Waals surface area contributed by atoms with Crippen molar-refractivity contribution in [3.8, 4) is 0 Å². The molecule has 0 saturated heterocycles. The number of benzene rings is 1. The molecule has 1 rings (SSSR count). The van der Waals surface area contributed by atoms with Crippen LogP contribution in [0.5, 0.6) is 0 Å². The maximum absolute atomic E-state index is 13.0. The molecule has 0 amide bonds. The van der Waals surface area contributed by atoms with Gasteiger partial charge in [0.1, 0.15) is 5.82 Å². The van der Waals surface area contributed by atoms with Crippen molar-refractivity contribution in [2.75, 3.05) is 0 Å². The predicted molar refractivity (Wildman–Crippen MR) is 53.2 cm³/mol. The van der Waals surface area contributed by atoms with E-state index >= 15 is 0 Å². The summed E-state index contributed by atoms with van der Waals surface area (Å²) in [7, 11) is 0. The van der Waals surface area contributed by atoms with E-state index in [9.17, 15) is 4.39 Å². The molecular weight excluding hydrogens is 254 g/mol. The van der Waals surface area contributed by atoms with Crippen LogP contribution >= 0.6 is 22.6 Å². The van der Waals surface area contributed by atoms with Crippen molar-refractivity contribution >= 4 is 22.6 Å². The van der Waals surface area contributed by atoms with Gasteiger partial charge in [0.2, 0.25) is 0 Å². The highest BCUT2D eigenvalue weighted by molar-refractivity contribution is 14.1. The summed E-state index contributed by atoms with van der Waals surface area (Å²) in [5.74, 6) is 0.171. The lowest BCUT2D eigenvalue weighted by Crippen LogP contribution is -1.92. The first-order valence-corrected chi connectivity index (χ1v) is 4.64. The first kappa shape index (κ1) is 8.97. The Morgan fingerprint density at radius 3 is 2.45 bits per heavy atom. The highest BCUT2D eigenvalue weighted by atomic mass is 127. The molecule has 0 aliphatic heterocycles. The van der Waals surface area contributed by atoms with Crippen molar-refractivity contribution in [2.45, 2.75) is 19.8 Å². The van der Waals surface area contributed by atoms with Crippen LogP contribution in [0.3, 0.4) is 0 Å². The van der Waals surface area contributed by atoms with E-state index < -0.39 is 0 Å². The van der Waals surface area contributed by atoms with Crippen LogP contribution < -0.4 is 0 Å². The summed E-state index contributed by atoms with van der Waals surface area (Å²) in [6.07, 6.45) is 0. The molecule has 0 heterocycles. The minimum atomic E-state index is -0.0968. The van der Waals surface area contributed by atoms with Gasteiger partial charge in [-0.3, -0.25) is 0 Å². The van der Waals surface area contributed by atoms with E-state index in [2.05, 4.69) is 22.6 Å². The summed E-state index contributed by atoms with van der Waals surface area (Å²) >= 11 is 2.19. The molecule has 0 saturated carbocycles. The normalized spacial score (nSPS) is 10.6. The van der Waals surface area contributed by atoms with Crippen LogP contribution in [0.1, 0.15) is 25.3 Å². The summed E-state index contributed by atoms with van der Waals surface area (Å²) in [4.78, 5) is 0. The minimum Gasteiger partial charge on any atom is -0.207 e. The summed E-state index contributed by atoms with van der Waals surface area (Å²) in [5, 5.41) is 0. The minimum absolute atomic E-state index is 0.0968. The third-order valence-corrected chi connectivity index (χ3v) is 2.25. The quantitative estimate of drug-likeness (QED) is 0.680. The highest BCUT2D eigenvalue weighted by Gasteiger charge is 2.05. The predicted octanol–water partition coefficient (Wildman–Crippen LogP) is 3.55. The van der Waals surface area contributed by atoms with Gasteiger partial charge in [0.15, 0.2) is 0 Å². The average Bonchev–Trinajstić information content (AvgIpc) is 1.94. The molecule has 0 spiro atoms. The Morgan fingerprint density at radius 1 is 1.36 bits per heavy atom. The van der Waals surface area contributed by atoms with E-state index in [0.717, 1.165) is 9.13 Å². The van der Waals surface area contributed by atoms with Crippen LogP contribution in [0.25, 0.3) is 0 Å². The molecule has 0 aromatic heterocycles. The molecule has 0 bridgehead atoms. The molecule has 0 fully saturated rings. The number of hydrogen-bond donors (Lipinski definition) is 0. The Hall–Kier alpha value is -0.120. The van der Waals surface area contributed by atoms with Crippen LogP contribution in [0.4, 0.5) is 4.39 Å². The molecule has 0 unspecified atom stereocenters. The Kier molecular flexibility index (Phi) is 2.87. The number of hydrogen-bond acceptors (Lipinski definition) is 0. The number of halogens is 2. The zero-order valence-electron chi connectivity index (χ0n) is 6.57. The van der Waals surface area contributed by atoms with E-state index in [1.165, 1.54) is 6.07 Å². The van der Waals surface area contributed by atoms with Gasteiger partial charge in [-0.15, -0.1) is 0 Å². The molecule has 11 heavy (non-hydrogen) atoms. The molecule has 2 heteroatoms. The third kappa shape index (κ3) is 2.15. The monoisotopic (exact) mass is 264 g/mol. The summed E-state index contributed by atoms with van der Waals surface area (Å²) in [6, 6.07) is 5.19. The van der Waals surface area contributed by atoms with Crippen LogP contribution in [-0.4, -0.2) is 0 Å².